The van der Waals surface area contributed by atoms with Crippen molar-refractivity contribution in [2.45, 2.75) is 41.5 Å². The van der Waals surface area contributed by atoms with E-state index in [1.807, 2.05) is 0 Å². The van der Waals surface area contributed by atoms with Crippen LogP contribution in [0.25, 0.3) is 24.3 Å². The lowest BCUT2D eigenvalue weighted by Gasteiger charge is -2.26. The summed E-state index contributed by atoms with van der Waals surface area (Å²) >= 11 is 0. The molecule has 0 radical (unpaired) electrons. The Morgan fingerprint density at radius 3 is 1.02 bits per heavy atom. The second-order valence-electron chi connectivity index (χ2n) is 14.4. The highest BCUT2D eigenvalue weighted by atomic mass is 15.1. The summed E-state index contributed by atoms with van der Waals surface area (Å²) in [7, 11) is 0. The summed E-state index contributed by atoms with van der Waals surface area (Å²) in [6.07, 6.45) is 8.76. The molecule has 0 aliphatic carbocycles. The molecule has 0 atom stereocenters. The smallest absolute Gasteiger partial charge is 0.0464 e. The van der Waals surface area contributed by atoms with Crippen LogP contribution in [-0.2, 0) is 0 Å². The van der Waals surface area contributed by atoms with Crippen molar-refractivity contribution >= 4 is 58.4 Å². The van der Waals surface area contributed by atoms with Crippen LogP contribution in [0.3, 0.4) is 0 Å². The van der Waals surface area contributed by atoms with Gasteiger partial charge >= 0.3 is 0 Å². The minimum atomic E-state index is 1.13. The van der Waals surface area contributed by atoms with E-state index >= 15 is 0 Å². The molecule has 0 saturated heterocycles. The Hall–Kier alpha value is -6.38. The quantitative estimate of drug-likeness (QED) is 0.131. The third-order valence-electron chi connectivity index (χ3n) is 10.2. The van der Waals surface area contributed by atoms with E-state index in [2.05, 4.69) is 233 Å². The molecular weight excluding hydrogens is 653 g/mol. The number of aryl methyl sites for hydroxylation is 6. The standard InChI is InChI=1S/C52H48N2/c1-37-10-7-14-49(32-37)53(51-26-16-39(3)41(5)34-51)47-28-22-43(23-29-47)18-20-45-12-9-13-46(36-45)21-19-44-24-30-48(31-25-44)54(50-15-8-11-38(2)33-50)52-27-17-40(4)42(6)35-52/h7-36H,1-6H3. The first kappa shape index (κ1) is 36.0. The molecule has 7 rings (SSSR count). The van der Waals surface area contributed by atoms with Crippen molar-refractivity contribution in [2.75, 3.05) is 9.80 Å². The van der Waals surface area contributed by atoms with Crippen LogP contribution < -0.4 is 9.80 Å². The van der Waals surface area contributed by atoms with Crippen molar-refractivity contribution < 1.29 is 0 Å². The molecule has 2 heteroatoms. The van der Waals surface area contributed by atoms with E-state index in [9.17, 15) is 0 Å². The van der Waals surface area contributed by atoms with E-state index < -0.39 is 0 Å². The minimum absolute atomic E-state index is 1.13. The molecule has 0 aliphatic rings. The van der Waals surface area contributed by atoms with Gasteiger partial charge in [-0.15, -0.1) is 0 Å². The average Bonchev–Trinajstić information content (AvgIpc) is 3.17. The Bertz CT molecular complexity index is 2280. The average molecular weight is 701 g/mol. The minimum Gasteiger partial charge on any atom is -0.310 e. The molecule has 0 N–H and O–H groups in total. The molecule has 0 spiro atoms. The molecule has 0 bridgehead atoms. The van der Waals surface area contributed by atoms with Crippen molar-refractivity contribution in [1.29, 1.82) is 0 Å². The van der Waals surface area contributed by atoms with Gasteiger partial charge in [0.2, 0.25) is 0 Å². The van der Waals surface area contributed by atoms with E-state index in [1.54, 1.807) is 0 Å². The summed E-state index contributed by atoms with van der Waals surface area (Å²) in [5.41, 5.74) is 19.2. The molecule has 0 unspecified atom stereocenters. The van der Waals surface area contributed by atoms with Gasteiger partial charge < -0.3 is 9.80 Å². The zero-order valence-corrected chi connectivity index (χ0v) is 32.2. The fourth-order valence-electron chi connectivity index (χ4n) is 6.78. The van der Waals surface area contributed by atoms with Crippen LogP contribution in [0.4, 0.5) is 34.1 Å². The maximum Gasteiger partial charge on any atom is 0.0464 e. The van der Waals surface area contributed by atoms with Crippen LogP contribution in [0.1, 0.15) is 55.6 Å². The molecule has 266 valence electrons. The largest absolute Gasteiger partial charge is 0.310 e. The van der Waals surface area contributed by atoms with Crippen molar-refractivity contribution in [3.63, 3.8) is 0 Å². The second kappa shape index (κ2) is 16.1. The van der Waals surface area contributed by atoms with Crippen molar-refractivity contribution in [3.05, 3.63) is 213 Å². The monoisotopic (exact) mass is 700 g/mol. The first-order chi connectivity index (χ1) is 26.2. The van der Waals surface area contributed by atoms with Gasteiger partial charge in [-0.25, -0.2) is 0 Å². The van der Waals surface area contributed by atoms with Gasteiger partial charge in [-0.2, -0.15) is 0 Å². The predicted octanol–water partition coefficient (Wildman–Crippen LogP) is 14.8. The van der Waals surface area contributed by atoms with Crippen LogP contribution in [0.5, 0.6) is 0 Å². The molecule has 0 aliphatic heterocycles. The van der Waals surface area contributed by atoms with Crippen molar-refractivity contribution in [2.24, 2.45) is 0 Å². The van der Waals surface area contributed by atoms with E-state index in [0.29, 0.717) is 0 Å². The maximum atomic E-state index is 2.33. The second-order valence-corrected chi connectivity index (χ2v) is 14.4. The van der Waals surface area contributed by atoms with Gasteiger partial charge in [-0.1, -0.05) is 103 Å². The fourth-order valence-corrected chi connectivity index (χ4v) is 6.78. The van der Waals surface area contributed by atoms with Crippen molar-refractivity contribution in [3.8, 4) is 0 Å². The molecular formula is C52H48N2. The maximum absolute atomic E-state index is 2.33. The Morgan fingerprint density at radius 2 is 0.630 bits per heavy atom. The lowest BCUT2D eigenvalue weighted by atomic mass is 10.1. The van der Waals surface area contributed by atoms with Gasteiger partial charge in [0.1, 0.15) is 0 Å². The van der Waals surface area contributed by atoms with Gasteiger partial charge in [0, 0.05) is 34.1 Å². The van der Waals surface area contributed by atoms with Crippen LogP contribution in [-0.4, -0.2) is 0 Å². The summed E-state index contributed by atoms with van der Waals surface area (Å²) < 4.78 is 0. The molecule has 0 aromatic heterocycles. The predicted molar refractivity (Wildman–Crippen MR) is 235 cm³/mol. The van der Waals surface area contributed by atoms with E-state index in [4.69, 9.17) is 0 Å². The SMILES string of the molecule is Cc1cccc(N(c2ccc(C=Cc3cccc(C=Cc4ccc(N(c5cccc(C)c5)c5ccc(C)c(C)c5)cc4)c3)cc2)c2ccc(C)c(C)c2)c1. The van der Waals surface area contributed by atoms with Gasteiger partial charge in [0.15, 0.2) is 0 Å². The highest BCUT2D eigenvalue weighted by molar-refractivity contribution is 5.81. The fraction of sp³-hybridized carbons (Fsp3) is 0.115. The molecule has 0 amide bonds. The third kappa shape index (κ3) is 8.46. The summed E-state index contributed by atoms with van der Waals surface area (Å²) in [4.78, 5) is 4.67. The van der Waals surface area contributed by atoms with E-state index in [-0.39, 0.29) is 0 Å². The normalized spacial score (nSPS) is 11.4. The van der Waals surface area contributed by atoms with E-state index in [0.717, 1.165) is 56.4 Å². The van der Waals surface area contributed by atoms with Crippen LogP contribution in [0.2, 0.25) is 0 Å². The Morgan fingerprint density at radius 1 is 0.278 bits per heavy atom. The first-order valence-corrected chi connectivity index (χ1v) is 18.7. The first-order valence-electron chi connectivity index (χ1n) is 18.7. The molecule has 54 heavy (non-hydrogen) atoms. The lowest BCUT2D eigenvalue weighted by molar-refractivity contribution is 1.24. The number of hydrogen-bond donors (Lipinski definition) is 0. The van der Waals surface area contributed by atoms with E-state index in [1.165, 1.54) is 33.4 Å². The highest BCUT2D eigenvalue weighted by Crippen LogP contribution is 2.37. The molecule has 0 fully saturated rings. The molecule has 0 saturated carbocycles. The van der Waals surface area contributed by atoms with Crippen LogP contribution in [0.15, 0.2) is 158 Å². The Kier molecular flexibility index (Phi) is 10.7. The van der Waals surface area contributed by atoms with Gasteiger partial charge in [-0.05, 0) is 176 Å². The Labute approximate surface area is 322 Å². The number of benzene rings is 7. The summed E-state index contributed by atoms with van der Waals surface area (Å²) in [6.45, 7) is 13.0. The summed E-state index contributed by atoms with van der Waals surface area (Å²) in [6, 6.07) is 57.1. The molecule has 2 nitrogen and oxygen atoms in total. The Balaban J connectivity index is 1.07. The van der Waals surface area contributed by atoms with Crippen molar-refractivity contribution in [1.82, 2.24) is 0 Å². The summed E-state index contributed by atoms with van der Waals surface area (Å²) in [5.74, 6) is 0. The molecule has 7 aromatic carbocycles. The number of nitrogens with zero attached hydrogens (tertiary/aromatic N) is 2. The van der Waals surface area contributed by atoms with Gasteiger partial charge in [0.05, 0.1) is 0 Å². The zero-order chi connectivity index (χ0) is 37.6. The zero-order valence-electron chi connectivity index (χ0n) is 32.2. The lowest BCUT2D eigenvalue weighted by Crippen LogP contribution is -2.10. The molecule has 7 aromatic rings. The van der Waals surface area contributed by atoms with Crippen LogP contribution in [0, 0.1) is 41.5 Å². The summed E-state index contributed by atoms with van der Waals surface area (Å²) in [5, 5.41) is 0. The molecule has 0 heterocycles. The van der Waals surface area contributed by atoms with Crippen LogP contribution >= 0.6 is 0 Å². The third-order valence-corrected chi connectivity index (χ3v) is 10.2. The number of anilines is 6. The highest BCUT2D eigenvalue weighted by Gasteiger charge is 2.15. The topological polar surface area (TPSA) is 6.48 Å². The van der Waals surface area contributed by atoms with Gasteiger partial charge in [-0.3, -0.25) is 0 Å². The van der Waals surface area contributed by atoms with Gasteiger partial charge in [0.25, 0.3) is 0 Å². The number of rotatable bonds is 10. The number of hydrogen-bond acceptors (Lipinski definition) is 2.